The first-order chi connectivity index (χ1) is 10.7. The topological polar surface area (TPSA) is 56.5 Å². The fourth-order valence-corrected chi connectivity index (χ4v) is 2.56. The number of methoxy groups -OCH3 is 2. The van der Waals surface area contributed by atoms with Gasteiger partial charge < -0.3 is 20.5 Å². The normalized spacial score (nSPS) is 13.5. The molecule has 0 spiro atoms. The Labute approximate surface area is 129 Å². The predicted octanol–water partition coefficient (Wildman–Crippen LogP) is 3.47. The summed E-state index contributed by atoms with van der Waals surface area (Å²) in [6.07, 6.45) is 0. The molecule has 0 saturated carbocycles. The maximum Gasteiger partial charge on any atom is 0.162 e. The standard InChI is InChI=1S/C18H18N2O2/c1-11-13-9-15(21-2)16(22-3)10-14(13)20-18(17(11)19)12-7-5-4-6-8-12/h4-10,20H,1,19H2,2-3H3. The van der Waals surface area contributed by atoms with Crippen LogP contribution in [-0.2, 0) is 0 Å². The smallest absolute Gasteiger partial charge is 0.162 e. The molecule has 4 heteroatoms. The fraction of sp³-hybridized carbons (Fsp3) is 0.111. The lowest BCUT2D eigenvalue weighted by Crippen LogP contribution is -2.16. The fourth-order valence-electron chi connectivity index (χ4n) is 2.56. The molecule has 0 aromatic heterocycles. The van der Waals surface area contributed by atoms with Crippen LogP contribution < -0.4 is 20.5 Å². The molecule has 0 aliphatic carbocycles. The van der Waals surface area contributed by atoms with E-state index >= 15 is 0 Å². The van der Waals surface area contributed by atoms with Crippen LogP contribution in [-0.4, -0.2) is 14.2 Å². The van der Waals surface area contributed by atoms with Crippen LogP contribution in [0, 0.1) is 0 Å². The number of hydrogen-bond donors (Lipinski definition) is 2. The van der Waals surface area contributed by atoms with Gasteiger partial charge in [0.25, 0.3) is 0 Å². The van der Waals surface area contributed by atoms with Gasteiger partial charge in [0.1, 0.15) is 0 Å². The minimum atomic E-state index is 0.630. The largest absolute Gasteiger partial charge is 0.493 e. The lowest BCUT2D eigenvalue weighted by atomic mass is 9.94. The molecule has 0 unspecified atom stereocenters. The summed E-state index contributed by atoms with van der Waals surface area (Å²) in [5.41, 5.74) is 11.4. The Balaban J connectivity index is 2.12. The van der Waals surface area contributed by atoms with Gasteiger partial charge in [-0.05, 0) is 6.07 Å². The van der Waals surface area contributed by atoms with Crippen molar-refractivity contribution in [3.63, 3.8) is 0 Å². The van der Waals surface area contributed by atoms with Gasteiger partial charge in [-0.2, -0.15) is 0 Å². The highest BCUT2D eigenvalue weighted by atomic mass is 16.5. The molecule has 0 radical (unpaired) electrons. The van der Waals surface area contributed by atoms with Gasteiger partial charge in [-0.25, -0.2) is 0 Å². The molecule has 1 aliphatic heterocycles. The highest BCUT2D eigenvalue weighted by Crippen LogP contribution is 2.42. The minimum absolute atomic E-state index is 0.630. The summed E-state index contributed by atoms with van der Waals surface area (Å²) in [5.74, 6) is 1.31. The van der Waals surface area contributed by atoms with Crippen molar-refractivity contribution in [2.45, 2.75) is 0 Å². The Kier molecular flexibility index (Phi) is 3.51. The third kappa shape index (κ3) is 2.19. The number of nitrogens with one attached hydrogen (secondary N) is 1. The third-order valence-corrected chi connectivity index (χ3v) is 3.77. The van der Waals surface area contributed by atoms with Gasteiger partial charge in [0.05, 0.1) is 31.3 Å². The molecule has 2 aromatic carbocycles. The number of nitrogens with two attached hydrogens (primary N) is 1. The van der Waals surface area contributed by atoms with E-state index in [4.69, 9.17) is 15.2 Å². The van der Waals surface area contributed by atoms with Crippen molar-refractivity contribution in [1.29, 1.82) is 0 Å². The molecule has 0 bridgehead atoms. The molecule has 0 atom stereocenters. The van der Waals surface area contributed by atoms with E-state index in [-0.39, 0.29) is 0 Å². The van der Waals surface area contributed by atoms with Crippen LogP contribution in [0.25, 0.3) is 11.3 Å². The van der Waals surface area contributed by atoms with E-state index in [0.29, 0.717) is 17.2 Å². The van der Waals surface area contributed by atoms with Gasteiger partial charge in [0.2, 0.25) is 0 Å². The highest BCUT2D eigenvalue weighted by molar-refractivity contribution is 6.00. The zero-order valence-electron chi connectivity index (χ0n) is 12.6. The Hall–Kier alpha value is -2.88. The lowest BCUT2D eigenvalue weighted by Gasteiger charge is -2.26. The molecule has 1 heterocycles. The van der Waals surface area contributed by atoms with E-state index in [1.54, 1.807) is 14.2 Å². The van der Waals surface area contributed by atoms with Crippen molar-refractivity contribution in [3.8, 4) is 11.5 Å². The number of hydrogen-bond acceptors (Lipinski definition) is 4. The minimum Gasteiger partial charge on any atom is -0.493 e. The first kappa shape index (κ1) is 14.1. The predicted molar refractivity (Wildman–Crippen MR) is 89.8 cm³/mol. The molecule has 0 fully saturated rings. The molecule has 112 valence electrons. The van der Waals surface area contributed by atoms with Gasteiger partial charge in [-0.1, -0.05) is 36.9 Å². The summed E-state index contributed by atoms with van der Waals surface area (Å²) < 4.78 is 10.7. The molecular formula is C18H18N2O2. The van der Waals surface area contributed by atoms with Gasteiger partial charge in [0, 0.05) is 22.8 Å². The molecule has 0 amide bonds. The van der Waals surface area contributed by atoms with E-state index in [2.05, 4.69) is 11.9 Å². The van der Waals surface area contributed by atoms with Crippen molar-refractivity contribution in [2.24, 2.45) is 5.73 Å². The number of benzene rings is 2. The number of ether oxygens (including phenoxy) is 2. The molecule has 1 aliphatic rings. The first-order valence-corrected chi connectivity index (χ1v) is 6.93. The Morgan fingerprint density at radius 1 is 1.00 bits per heavy atom. The Morgan fingerprint density at radius 2 is 1.64 bits per heavy atom. The van der Waals surface area contributed by atoms with Crippen LogP contribution in [0.3, 0.4) is 0 Å². The second-order valence-corrected chi connectivity index (χ2v) is 5.01. The molecule has 22 heavy (non-hydrogen) atoms. The number of rotatable bonds is 3. The zero-order chi connectivity index (χ0) is 15.7. The van der Waals surface area contributed by atoms with Crippen LogP contribution in [0.2, 0.25) is 0 Å². The van der Waals surface area contributed by atoms with Gasteiger partial charge in [0.15, 0.2) is 11.5 Å². The van der Waals surface area contributed by atoms with Crippen LogP contribution in [0.1, 0.15) is 11.1 Å². The van der Waals surface area contributed by atoms with Crippen molar-refractivity contribution in [2.75, 3.05) is 19.5 Å². The zero-order valence-corrected chi connectivity index (χ0v) is 12.6. The summed E-state index contributed by atoms with van der Waals surface area (Å²) in [7, 11) is 3.22. The van der Waals surface area contributed by atoms with Gasteiger partial charge in [-0.3, -0.25) is 0 Å². The average molecular weight is 294 g/mol. The molecular weight excluding hydrogens is 276 g/mol. The number of allylic oxidation sites excluding steroid dienone is 1. The molecule has 4 nitrogen and oxygen atoms in total. The summed E-state index contributed by atoms with van der Waals surface area (Å²) in [6.45, 7) is 4.12. The second-order valence-electron chi connectivity index (χ2n) is 5.01. The monoisotopic (exact) mass is 294 g/mol. The molecule has 3 rings (SSSR count). The van der Waals surface area contributed by atoms with Crippen LogP contribution in [0.5, 0.6) is 11.5 Å². The maximum atomic E-state index is 6.28. The summed E-state index contributed by atoms with van der Waals surface area (Å²) in [5, 5.41) is 3.38. The van der Waals surface area contributed by atoms with Crippen LogP contribution in [0.15, 0.2) is 54.7 Å². The number of anilines is 1. The SMILES string of the molecule is C=C1C(N)=C(c2ccccc2)Nc2cc(OC)c(OC)cc21. The van der Waals surface area contributed by atoms with Crippen molar-refractivity contribution < 1.29 is 9.47 Å². The van der Waals surface area contributed by atoms with E-state index < -0.39 is 0 Å². The van der Waals surface area contributed by atoms with E-state index in [9.17, 15) is 0 Å². The summed E-state index contributed by atoms with van der Waals surface area (Å²) in [4.78, 5) is 0. The van der Waals surface area contributed by atoms with Gasteiger partial charge >= 0.3 is 0 Å². The highest BCUT2D eigenvalue weighted by Gasteiger charge is 2.22. The van der Waals surface area contributed by atoms with Crippen molar-refractivity contribution in [3.05, 3.63) is 65.9 Å². The number of fused-ring (bicyclic) bond motifs is 1. The van der Waals surface area contributed by atoms with E-state index in [1.165, 1.54) is 0 Å². The van der Waals surface area contributed by atoms with Crippen LogP contribution in [0.4, 0.5) is 5.69 Å². The Morgan fingerprint density at radius 3 is 2.27 bits per heavy atom. The lowest BCUT2D eigenvalue weighted by molar-refractivity contribution is 0.355. The molecule has 2 aromatic rings. The Bertz CT molecular complexity index is 764. The third-order valence-electron chi connectivity index (χ3n) is 3.77. The average Bonchev–Trinajstić information content (AvgIpc) is 2.57. The summed E-state index contributed by atoms with van der Waals surface area (Å²) >= 11 is 0. The summed E-state index contributed by atoms with van der Waals surface area (Å²) in [6, 6.07) is 13.7. The maximum absolute atomic E-state index is 6.28. The van der Waals surface area contributed by atoms with Gasteiger partial charge in [-0.15, -0.1) is 0 Å². The van der Waals surface area contributed by atoms with Crippen LogP contribution >= 0.6 is 0 Å². The van der Waals surface area contributed by atoms with E-state index in [0.717, 1.165) is 28.1 Å². The second kappa shape index (κ2) is 5.48. The molecule has 0 saturated heterocycles. The molecule has 3 N–H and O–H groups in total. The first-order valence-electron chi connectivity index (χ1n) is 6.93. The van der Waals surface area contributed by atoms with Crippen molar-refractivity contribution >= 4 is 17.0 Å². The van der Waals surface area contributed by atoms with Crippen molar-refractivity contribution in [1.82, 2.24) is 0 Å². The quantitative estimate of drug-likeness (QED) is 0.910. The van der Waals surface area contributed by atoms with E-state index in [1.807, 2.05) is 42.5 Å².